The van der Waals surface area contributed by atoms with Gasteiger partial charge < -0.3 is 15.2 Å². The number of halogens is 1. The molecule has 5 nitrogen and oxygen atoms in total. The monoisotopic (exact) mass is 422 g/mol. The summed E-state index contributed by atoms with van der Waals surface area (Å²) in [5.41, 5.74) is 3.79. The molecular formula is C25H31FN4O. The number of nitrogens with zero attached hydrogens (tertiary/aromatic N) is 2. The Kier molecular flexibility index (Phi) is 10.3. The van der Waals surface area contributed by atoms with Crippen LogP contribution >= 0.6 is 0 Å². The average molecular weight is 423 g/mol. The topological polar surface area (TPSA) is 69.8 Å². The van der Waals surface area contributed by atoms with Gasteiger partial charge in [0.1, 0.15) is 12.4 Å². The molecule has 3 aromatic rings. The fourth-order valence-corrected chi connectivity index (χ4v) is 3.38. The fraction of sp³-hybridized carbons (Fsp3) is 0.360. The lowest BCUT2D eigenvalue weighted by atomic mass is 10.1. The summed E-state index contributed by atoms with van der Waals surface area (Å²) in [5, 5.41) is 14.4. The fourth-order valence-electron chi connectivity index (χ4n) is 3.38. The summed E-state index contributed by atoms with van der Waals surface area (Å²) in [6.07, 6.45) is 6.14. The normalized spacial score (nSPS) is 13.0. The molecule has 2 heterocycles. The van der Waals surface area contributed by atoms with Gasteiger partial charge in [-0.05, 0) is 56.6 Å². The minimum Gasteiger partial charge on any atom is -0.346 e. The number of nitrogens with one attached hydrogen (secondary N) is 2. The SMILES string of the molecule is C1CCCNCC1.Cc1ccc(-c2cc3ccccc3n2C)cc1F.N#CCNC=O. The Hall–Kier alpha value is -3.17. The molecule has 0 aliphatic carbocycles. The van der Waals surface area contributed by atoms with E-state index in [1.165, 1.54) is 44.2 Å². The number of amides is 1. The lowest BCUT2D eigenvalue weighted by Gasteiger charge is -2.05. The van der Waals surface area contributed by atoms with Crippen LogP contribution in [-0.2, 0) is 11.8 Å². The van der Waals surface area contributed by atoms with Gasteiger partial charge in [-0.25, -0.2) is 4.39 Å². The zero-order valence-corrected chi connectivity index (χ0v) is 18.3. The van der Waals surface area contributed by atoms with E-state index in [2.05, 4.69) is 33.4 Å². The number of aryl methyl sites for hydroxylation is 2. The highest BCUT2D eigenvalue weighted by Gasteiger charge is 2.08. The van der Waals surface area contributed by atoms with Crippen molar-refractivity contribution in [3.05, 3.63) is 59.9 Å². The molecule has 1 amide bonds. The molecule has 0 bridgehead atoms. The molecule has 164 valence electrons. The van der Waals surface area contributed by atoms with Crippen LogP contribution in [0.2, 0.25) is 0 Å². The van der Waals surface area contributed by atoms with Crippen LogP contribution in [0, 0.1) is 24.1 Å². The molecule has 0 radical (unpaired) electrons. The second kappa shape index (κ2) is 13.2. The highest BCUT2D eigenvalue weighted by molar-refractivity contribution is 5.86. The maximum absolute atomic E-state index is 13.6. The minimum absolute atomic E-state index is 0.101. The number of aromatic nitrogens is 1. The van der Waals surface area contributed by atoms with Crippen molar-refractivity contribution in [1.29, 1.82) is 5.26 Å². The van der Waals surface area contributed by atoms with Gasteiger partial charge in [0.25, 0.3) is 0 Å². The average Bonchev–Trinajstić information content (AvgIpc) is 2.96. The number of hydrogen-bond acceptors (Lipinski definition) is 3. The number of rotatable bonds is 3. The van der Waals surface area contributed by atoms with Crippen molar-refractivity contribution in [1.82, 2.24) is 15.2 Å². The Bertz CT molecular complexity index is 987. The smallest absolute Gasteiger partial charge is 0.207 e. The molecule has 0 atom stereocenters. The summed E-state index contributed by atoms with van der Waals surface area (Å²) in [4.78, 5) is 9.30. The van der Waals surface area contributed by atoms with E-state index in [1.807, 2.05) is 31.3 Å². The van der Waals surface area contributed by atoms with E-state index in [9.17, 15) is 9.18 Å². The van der Waals surface area contributed by atoms with Gasteiger partial charge in [-0.3, -0.25) is 4.79 Å². The molecule has 6 heteroatoms. The highest BCUT2D eigenvalue weighted by atomic mass is 19.1. The molecule has 2 N–H and O–H groups in total. The number of nitriles is 1. The Morgan fingerprint density at radius 2 is 1.84 bits per heavy atom. The largest absolute Gasteiger partial charge is 0.346 e. The molecule has 1 aliphatic heterocycles. The molecule has 1 aromatic heterocycles. The Balaban J connectivity index is 0.000000217. The Morgan fingerprint density at radius 3 is 2.42 bits per heavy atom. The Labute approximate surface area is 183 Å². The molecule has 2 aromatic carbocycles. The zero-order chi connectivity index (χ0) is 22.5. The van der Waals surface area contributed by atoms with Crippen molar-refractivity contribution in [3.63, 3.8) is 0 Å². The van der Waals surface area contributed by atoms with Crippen LogP contribution in [0.3, 0.4) is 0 Å². The van der Waals surface area contributed by atoms with E-state index >= 15 is 0 Å². The van der Waals surface area contributed by atoms with Gasteiger partial charge in [-0.15, -0.1) is 0 Å². The van der Waals surface area contributed by atoms with Gasteiger partial charge in [0, 0.05) is 29.2 Å². The zero-order valence-electron chi connectivity index (χ0n) is 18.3. The first-order valence-electron chi connectivity index (χ1n) is 10.6. The quantitative estimate of drug-likeness (QED) is 0.365. The first-order valence-corrected chi connectivity index (χ1v) is 10.6. The van der Waals surface area contributed by atoms with Crippen LogP contribution < -0.4 is 10.6 Å². The van der Waals surface area contributed by atoms with Gasteiger partial charge in [-0.2, -0.15) is 5.26 Å². The van der Waals surface area contributed by atoms with Crippen molar-refractivity contribution in [3.8, 4) is 17.3 Å². The van der Waals surface area contributed by atoms with E-state index in [1.54, 1.807) is 19.1 Å². The van der Waals surface area contributed by atoms with Crippen LogP contribution in [0.1, 0.15) is 31.2 Å². The molecule has 0 saturated carbocycles. The standard InChI is InChI=1S/C16H14FN.C6H13N.C3H4N2O/c1-11-7-8-13(9-14(11)17)16-10-12-5-3-4-6-15(12)18(16)2;1-2-4-6-7-5-3-1;4-1-2-5-3-6/h3-10H,1-2H3;7H,1-6H2;3H,2H2,(H,5,6). The highest BCUT2D eigenvalue weighted by Crippen LogP contribution is 2.28. The number of hydrogen-bond donors (Lipinski definition) is 2. The molecule has 1 fully saturated rings. The van der Waals surface area contributed by atoms with Crippen molar-refractivity contribution >= 4 is 17.3 Å². The second-order valence-corrected chi connectivity index (χ2v) is 7.43. The molecule has 31 heavy (non-hydrogen) atoms. The third-order valence-electron chi connectivity index (χ3n) is 5.14. The van der Waals surface area contributed by atoms with Gasteiger partial charge in [0.2, 0.25) is 6.41 Å². The Morgan fingerprint density at radius 1 is 1.13 bits per heavy atom. The van der Waals surface area contributed by atoms with Crippen molar-refractivity contribution < 1.29 is 9.18 Å². The second-order valence-electron chi connectivity index (χ2n) is 7.43. The number of carbonyl (C=O) groups is 1. The summed E-state index contributed by atoms with van der Waals surface area (Å²) >= 11 is 0. The molecule has 4 rings (SSSR count). The summed E-state index contributed by atoms with van der Waals surface area (Å²) in [5.74, 6) is -0.155. The molecule has 1 saturated heterocycles. The van der Waals surface area contributed by atoms with Crippen LogP contribution in [0.4, 0.5) is 4.39 Å². The molecule has 0 unspecified atom stereocenters. The summed E-state index contributed by atoms with van der Waals surface area (Å²) in [7, 11) is 2.01. The van der Waals surface area contributed by atoms with Crippen LogP contribution in [0.25, 0.3) is 22.2 Å². The first-order chi connectivity index (χ1) is 15.1. The van der Waals surface area contributed by atoms with Crippen molar-refractivity contribution in [2.75, 3.05) is 19.6 Å². The lowest BCUT2D eigenvalue weighted by molar-refractivity contribution is -0.109. The van der Waals surface area contributed by atoms with E-state index in [4.69, 9.17) is 5.26 Å². The van der Waals surface area contributed by atoms with Crippen molar-refractivity contribution in [2.45, 2.75) is 32.6 Å². The predicted molar refractivity (Wildman–Crippen MR) is 124 cm³/mol. The van der Waals surface area contributed by atoms with Crippen molar-refractivity contribution in [2.24, 2.45) is 7.05 Å². The third-order valence-corrected chi connectivity index (χ3v) is 5.14. The van der Waals surface area contributed by atoms with Crippen LogP contribution in [0.15, 0.2) is 48.5 Å². The first kappa shape index (κ1) is 24.1. The maximum atomic E-state index is 13.6. The van der Waals surface area contributed by atoms with Gasteiger partial charge in [0.05, 0.1) is 6.07 Å². The third kappa shape index (κ3) is 7.54. The lowest BCUT2D eigenvalue weighted by Crippen LogP contribution is -2.12. The number of para-hydroxylation sites is 1. The molecule has 0 spiro atoms. The van der Waals surface area contributed by atoms with E-state index in [0.29, 0.717) is 12.0 Å². The number of fused-ring (bicyclic) bond motifs is 1. The van der Waals surface area contributed by atoms with E-state index < -0.39 is 0 Å². The van der Waals surface area contributed by atoms with Crippen LogP contribution in [-0.4, -0.2) is 30.6 Å². The van der Waals surface area contributed by atoms with Gasteiger partial charge >= 0.3 is 0 Å². The predicted octanol–water partition coefficient (Wildman–Crippen LogP) is 4.70. The summed E-state index contributed by atoms with van der Waals surface area (Å²) < 4.78 is 15.7. The van der Waals surface area contributed by atoms with Gasteiger partial charge in [0.15, 0.2) is 0 Å². The minimum atomic E-state index is -0.155. The summed E-state index contributed by atoms with van der Waals surface area (Å²) in [6.45, 7) is 4.38. The van der Waals surface area contributed by atoms with E-state index in [0.717, 1.165) is 16.8 Å². The number of carbonyl (C=O) groups excluding carboxylic acids is 1. The van der Waals surface area contributed by atoms with Crippen LogP contribution in [0.5, 0.6) is 0 Å². The number of benzene rings is 2. The maximum Gasteiger partial charge on any atom is 0.207 e. The molecular weight excluding hydrogens is 391 g/mol. The summed E-state index contributed by atoms with van der Waals surface area (Å²) in [6, 6.07) is 17.4. The van der Waals surface area contributed by atoms with Gasteiger partial charge in [-0.1, -0.05) is 43.2 Å². The van der Waals surface area contributed by atoms with E-state index in [-0.39, 0.29) is 12.4 Å². The molecule has 1 aliphatic rings.